The molecule has 0 spiro atoms. The zero-order valence-electron chi connectivity index (χ0n) is 15.6. The van der Waals surface area contributed by atoms with Crippen LogP contribution in [0.3, 0.4) is 0 Å². The van der Waals surface area contributed by atoms with E-state index >= 15 is 0 Å². The molecule has 0 bridgehead atoms. The van der Waals surface area contributed by atoms with Crippen molar-refractivity contribution in [3.05, 3.63) is 71.4 Å². The highest BCUT2D eigenvalue weighted by atomic mass is 32.2. The highest BCUT2D eigenvalue weighted by Gasteiger charge is 2.23. The smallest absolute Gasteiger partial charge is 0.339 e. The second-order valence-corrected chi connectivity index (χ2v) is 7.62. The molecule has 0 radical (unpaired) electrons. The van der Waals surface area contributed by atoms with Crippen LogP contribution in [0.2, 0.25) is 0 Å². The van der Waals surface area contributed by atoms with Crippen LogP contribution in [0.15, 0.2) is 65.2 Å². The molecule has 0 atom stereocenters. The topological polar surface area (TPSA) is 111 Å². The van der Waals surface area contributed by atoms with Gasteiger partial charge in [0.05, 0.1) is 7.11 Å². The summed E-state index contributed by atoms with van der Waals surface area (Å²) in [7, 11) is -2.69. The first-order valence-electron chi connectivity index (χ1n) is 8.49. The summed E-state index contributed by atoms with van der Waals surface area (Å²) in [5, 5.41) is 4.43. The summed E-state index contributed by atoms with van der Waals surface area (Å²) in [6.45, 7) is 1.85. The van der Waals surface area contributed by atoms with E-state index in [1.54, 1.807) is 30.3 Å². The van der Waals surface area contributed by atoms with Crippen molar-refractivity contribution in [2.45, 2.75) is 11.8 Å². The van der Waals surface area contributed by atoms with Gasteiger partial charge in [-0.05, 0) is 31.2 Å². The van der Waals surface area contributed by atoms with E-state index in [2.05, 4.69) is 10.6 Å². The molecule has 0 aliphatic carbocycles. The average Bonchev–Trinajstić information content (AvgIpc) is 3.00. The number of urea groups is 1. The van der Waals surface area contributed by atoms with Crippen LogP contribution in [-0.4, -0.2) is 27.5 Å². The van der Waals surface area contributed by atoms with Gasteiger partial charge in [-0.25, -0.2) is 4.79 Å². The van der Waals surface area contributed by atoms with Gasteiger partial charge in [0.2, 0.25) is 0 Å². The molecule has 8 nitrogen and oxygen atoms in total. The van der Waals surface area contributed by atoms with Crippen LogP contribution in [-0.2, 0) is 14.9 Å². The van der Waals surface area contributed by atoms with Crippen LogP contribution in [0.1, 0.15) is 11.1 Å². The lowest BCUT2D eigenvalue weighted by molar-refractivity contribution is -0.115. The molecule has 3 amide bonds. The predicted octanol–water partition coefficient (Wildman–Crippen LogP) is 2.51. The van der Waals surface area contributed by atoms with Gasteiger partial charge < -0.3 is 14.2 Å². The molecule has 0 saturated carbocycles. The zero-order valence-corrected chi connectivity index (χ0v) is 16.4. The number of ether oxygens (including phenoxy) is 1. The molecule has 0 aromatic heterocycles. The summed E-state index contributed by atoms with van der Waals surface area (Å²) in [5.74, 6) is -0.323. The molecule has 1 aliphatic rings. The second-order valence-electron chi connectivity index (χ2n) is 6.08. The van der Waals surface area contributed by atoms with Crippen molar-refractivity contribution in [3.8, 4) is 11.5 Å². The van der Waals surface area contributed by atoms with Gasteiger partial charge in [0.25, 0.3) is 5.91 Å². The molecule has 29 heavy (non-hydrogen) atoms. The molecule has 3 rings (SSSR count). The summed E-state index contributed by atoms with van der Waals surface area (Å²) in [5.41, 5.74) is 1.39. The second kappa shape index (κ2) is 8.19. The van der Waals surface area contributed by atoms with E-state index in [1.807, 2.05) is 6.92 Å². The molecular weight excluding hydrogens is 396 g/mol. The van der Waals surface area contributed by atoms with Crippen molar-refractivity contribution < 1.29 is 26.9 Å². The SMILES string of the molecule is COc1cccc(C=CC=C2NC(=O)NC2=O)c1OS(=O)(=O)c1ccc(C)cc1. The maximum absolute atomic E-state index is 12.7. The predicted molar refractivity (Wildman–Crippen MR) is 106 cm³/mol. The number of carbonyl (C=O) groups excluding carboxylic acids is 2. The van der Waals surface area contributed by atoms with Crippen LogP contribution in [0.5, 0.6) is 11.5 Å². The minimum Gasteiger partial charge on any atom is -0.493 e. The van der Waals surface area contributed by atoms with Crippen molar-refractivity contribution in [2.75, 3.05) is 7.11 Å². The van der Waals surface area contributed by atoms with Gasteiger partial charge in [-0.3, -0.25) is 10.1 Å². The van der Waals surface area contributed by atoms with Gasteiger partial charge >= 0.3 is 16.1 Å². The third-order valence-electron chi connectivity index (χ3n) is 3.99. The first-order chi connectivity index (χ1) is 13.8. The van der Waals surface area contributed by atoms with Gasteiger partial charge in [-0.15, -0.1) is 0 Å². The van der Waals surface area contributed by atoms with E-state index in [4.69, 9.17) is 8.92 Å². The lowest BCUT2D eigenvalue weighted by Crippen LogP contribution is -2.22. The van der Waals surface area contributed by atoms with Crippen molar-refractivity contribution in [2.24, 2.45) is 0 Å². The molecule has 2 aromatic rings. The molecule has 150 valence electrons. The number of nitrogens with one attached hydrogen (secondary N) is 2. The summed E-state index contributed by atoms with van der Waals surface area (Å²) < 4.78 is 36.0. The fraction of sp³-hybridized carbons (Fsp3) is 0.100. The number of carbonyl (C=O) groups is 2. The summed E-state index contributed by atoms with van der Waals surface area (Å²) in [6.07, 6.45) is 4.41. The monoisotopic (exact) mass is 414 g/mol. The number of amides is 3. The molecule has 9 heteroatoms. The van der Waals surface area contributed by atoms with Gasteiger partial charge in [-0.1, -0.05) is 42.0 Å². The number of benzene rings is 2. The van der Waals surface area contributed by atoms with Crippen LogP contribution in [0, 0.1) is 6.92 Å². The van der Waals surface area contributed by atoms with Gasteiger partial charge in [0.1, 0.15) is 10.6 Å². The van der Waals surface area contributed by atoms with Gasteiger partial charge in [-0.2, -0.15) is 8.42 Å². The molecule has 1 fully saturated rings. The Morgan fingerprint density at radius 1 is 1.00 bits per heavy atom. The highest BCUT2D eigenvalue weighted by Crippen LogP contribution is 2.34. The number of imide groups is 1. The molecule has 1 saturated heterocycles. The van der Waals surface area contributed by atoms with E-state index in [1.165, 1.54) is 37.5 Å². The minimum atomic E-state index is -4.09. The number of hydrogen-bond donors (Lipinski definition) is 2. The molecule has 0 unspecified atom stereocenters. The van der Waals surface area contributed by atoms with Crippen molar-refractivity contribution in [1.29, 1.82) is 0 Å². The maximum atomic E-state index is 12.7. The Morgan fingerprint density at radius 3 is 2.34 bits per heavy atom. The Kier molecular flexibility index (Phi) is 5.69. The standard InChI is InChI=1S/C20H18N2O6S/c1-13-9-11-15(12-10-13)29(25,26)28-18-14(6-4-8-17(18)27-2)5-3-7-16-19(23)22-20(24)21-16/h3-12H,1-2H3,(H2,21,22,23,24). The van der Waals surface area contributed by atoms with Crippen molar-refractivity contribution >= 4 is 28.1 Å². The van der Waals surface area contributed by atoms with Crippen LogP contribution in [0.25, 0.3) is 6.08 Å². The molecule has 2 aromatic carbocycles. The fourth-order valence-corrected chi connectivity index (χ4v) is 3.49. The largest absolute Gasteiger partial charge is 0.493 e. The first-order valence-corrected chi connectivity index (χ1v) is 9.90. The van der Waals surface area contributed by atoms with E-state index in [0.717, 1.165) is 5.56 Å². The summed E-state index contributed by atoms with van der Waals surface area (Å²) in [6, 6.07) is 10.5. The fourth-order valence-electron chi connectivity index (χ4n) is 2.52. The third-order valence-corrected chi connectivity index (χ3v) is 5.23. The lowest BCUT2D eigenvalue weighted by Gasteiger charge is -2.13. The van der Waals surface area contributed by atoms with E-state index < -0.39 is 22.1 Å². The Morgan fingerprint density at radius 2 is 1.72 bits per heavy atom. The van der Waals surface area contributed by atoms with E-state index in [-0.39, 0.29) is 22.1 Å². The first kappa shape index (κ1) is 20.2. The number of aryl methyl sites for hydroxylation is 1. The van der Waals surface area contributed by atoms with Crippen molar-refractivity contribution in [1.82, 2.24) is 10.6 Å². The number of hydrogen-bond acceptors (Lipinski definition) is 6. The lowest BCUT2D eigenvalue weighted by atomic mass is 10.1. The van der Waals surface area contributed by atoms with Crippen LogP contribution in [0.4, 0.5) is 4.79 Å². The van der Waals surface area contributed by atoms with Crippen LogP contribution < -0.4 is 19.6 Å². The number of para-hydroxylation sites is 1. The van der Waals surface area contributed by atoms with Gasteiger partial charge in [0, 0.05) is 5.56 Å². The average molecular weight is 414 g/mol. The number of rotatable bonds is 6. The highest BCUT2D eigenvalue weighted by molar-refractivity contribution is 7.87. The Balaban J connectivity index is 1.93. The molecule has 1 heterocycles. The number of methoxy groups -OCH3 is 1. The Bertz CT molecular complexity index is 1120. The summed E-state index contributed by atoms with van der Waals surface area (Å²) in [4.78, 5) is 22.7. The molecular formula is C20H18N2O6S. The molecule has 1 aliphatic heterocycles. The zero-order chi connectivity index (χ0) is 21.0. The molecule has 2 N–H and O–H groups in total. The normalized spacial score (nSPS) is 15.4. The number of allylic oxidation sites excluding steroid dienone is 2. The quantitative estimate of drug-likeness (QED) is 0.427. The van der Waals surface area contributed by atoms with Crippen LogP contribution >= 0.6 is 0 Å². The third kappa shape index (κ3) is 4.64. The minimum absolute atomic E-state index is 0.00475. The Labute approximate surface area is 168 Å². The Hall–Kier alpha value is -3.59. The van der Waals surface area contributed by atoms with Crippen molar-refractivity contribution in [3.63, 3.8) is 0 Å². The van der Waals surface area contributed by atoms with E-state index in [9.17, 15) is 18.0 Å². The maximum Gasteiger partial charge on any atom is 0.339 e. The summed E-state index contributed by atoms with van der Waals surface area (Å²) >= 11 is 0. The van der Waals surface area contributed by atoms with Gasteiger partial charge in [0.15, 0.2) is 11.5 Å². The van der Waals surface area contributed by atoms with E-state index in [0.29, 0.717) is 5.56 Å².